The van der Waals surface area contributed by atoms with E-state index in [-0.39, 0.29) is 17.5 Å². The maximum Gasteiger partial charge on any atom is 0.232 e. The Labute approximate surface area is 214 Å². The van der Waals surface area contributed by atoms with Crippen LogP contribution < -0.4 is 4.90 Å². The maximum absolute atomic E-state index is 14.4. The van der Waals surface area contributed by atoms with Gasteiger partial charge in [-0.3, -0.25) is 9.69 Å². The van der Waals surface area contributed by atoms with Gasteiger partial charge in [-0.2, -0.15) is 0 Å². The molecule has 0 spiro atoms. The quantitative estimate of drug-likeness (QED) is 0.247. The van der Waals surface area contributed by atoms with E-state index in [0.717, 1.165) is 18.1 Å². The number of fused-ring (bicyclic) bond motifs is 3. The number of likely N-dealkylation sites (N-methyl/N-ethyl adjacent to an activating group) is 1. The Bertz CT molecular complexity index is 1310. The standard InChI is InChI=1S/C26H25F4N3O2.C2H6/c1-12(2)9-19-26(32-18-8-5-14-10-15(34)6-7-16(14)25(18)31-19)33(4)20(35)11-17-13(3)21(27)23(29)24(30)22(17)28;1-2/h6-7,10,12,34H,5,8-9,11H2,1-4H3;1-2H3. The molecular weight excluding hydrogens is 486 g/mol. The van der Waals surface area contributed by atoms with Crippen LogP contribution in [0.4, 0.5) is 23.4 Å². The number of rotatable bonds is 5. The van der Waals surface area contributed by atoms with Crippen molar-refractivity contribution in [2.24, 2.45) is 5.92 Å². The number of anilines is 1. The summed E-state index contributed by atoms with van der Waals surface area (Å²) >= 11 is 0. The molecule has 0 saturated carbocycles. The van der Waals surface area contributed by atoms with E-state index in [9.17, 15) is 27.5 Å². The molecule has 1 N–H and O–H groups in total. The molecule has 0 atom stereocenters. The number of carbonyl (C=O) groups excluding carboxylic acids is 1. The number of amides is 1. The van der Waals surface area contributed by atoms with Crippen LogP contribution >= 0.6 is 0 Å². The minimum Gasteiger partial charge on any atom is -0.508 e. The summed E-state index contributed by atoms with van der Waals surface area (Å²) in [5.74, 6) is -7.00. The van der Waals surface area contributed by atoms with Crippen LogP contribution in [-0.4, -0.2) is 28.0 Å². The highest BCUT2D eigenvalue weighted by atomic mass is 19.2. The van der Waals surface area contributed by atoms with E-state index in [2.05, 4.69) is 0 Å². The summed E-state index contributed by atoms with van der Waals surface area (Å²) in [5.41, 5.74) is 2.71. The summed E-state index contributed by atoms with van der Waals surface area (Å²) in [6.45, 7) is 9.07. The predicted octanol–water partition coefficient (Wildman–Crippen LogP) is 6.24. The lowest BCUT2D eigenvalue weighted by molar-refractivity contribution is -0.117. The fourth-order valence-corrected chi connectivity index (χ4v) is 4.33. The molecule has 2 aromatic carbocycles. The van der Waals surface area contributed by atoms with Crippen molar-refractivity contribution in [3.05, 3.63) is 69.5 Å². The minimum absolute atomic E-state index is 0.167. The average Bonchev–Trinajstić information content (AvgIpc) is 2.88. The number of aromatic nitrogens is 2. The number of phenolic OH excluding ortho intramolecular Hbond substituents is 1. The van der Waals surface area contributed by atoms with Gasteiger partial charge in [-0.1, -0.05) is 27.7 Å². The third-order valence-corrected chi connectivity index (χ3v) is 6.24. The van der Waals surface area contributed by atoms with Crippen LogP contribution in [-0.2, 0) is 30.5 Å². The smallest absolute Gasteiger partial charge is 0.232 e. The highest BCUT2D eigenvalue weighted by Crippen LogP contribution is 2.35. The maximum atomic E-state index is 14.4. The highest BCUT2D eigenvalue weighted by molar-refractivity contribution is 5.94. The van der Waals surface area contributed by atoms with Crippen LogP contribution in [0.25, 0.3) is 11.3 Å². The van der Waals surface area contributed by atoms with Crippen LogP contribution in [0.2, 0.25) is 0 Å². The molecule has 3 aromatic rings. The van der Waals surface area contributed by atoms with E-state index in [1.54, 1.807) is 18.2 Å². The molecule has 0 aliphatic heterocycles. The molecule has 0 unspecified atom stereocenters. The zero-order valence-electron chi connectivity index (χ0n) is 21.8. The fourth-order valence-electron chi connectivity index (χ4n) is 4.33. The SMILES string of the molecule is CC.Cc1c(F)c(F)c(F)c(F)c1CC(=O)N(C)c1nc2c(nc1CC(C)C)-c1ccc(O)cc1CC2. The van der Waals surface area contributed by atoms with Crippen LogP contribution in [0.3, 0.4) is 0 Å². The Morgan fingerprint density at radius 3 is 2.32 bits per heavy atom. The number of hydrogen-bond acceptors (Lipinski definition) is 4. The first-order valence-electron chi connectivity index (χ1n) is 12.3. The van der Waals surface area contributed by atoms with Gasteiger partial charge in [-0.05, 0) is 61.4 Å². The van der Waals surface area contributed by atoms with E-state index in [1.807, 2.05) is 27.7 Å². The van der Waals surface area contributed by atoms with Gasteiger partial charge < -0.3 is 5.11 Å². The molecule has 0 bridgehead atoms. The van der Waals surface area contributed by atoms with E-state index >= 15 is 0 Å². The van der Waals surface area contributed by atoms with Gasteiger partial charge in [0.1, 0.15) is 5.75 Å². The van der Waals surface area contributed by atoms with Crippen molar-refractivity contribution >= 4 is 11.7 Å². The molecule has 198 valence electrons. The van der Waals surface area contributed by atoms with E-state index in [0.29, 0.717) is 36.3 Å². The number of hydrogen-bond donors (Lipinski definition) is 1. The molecule has 9 heteroatoms. The second-order valence-corrected chi connectivity index (χ2v) is 9.22. The van der Waals surface area contributed by atoms with Gasteiger partial charge in [0, 0.05) is 18.2 Å². The van der Waals surface area contributed by atoms with Crippen LogP contribution in [0.15, 0.2) is 18.2 Å². The van der Waals surface area contributed by atoms with E-state index in [4.69, 9.17) is 9.97 Å². The molecule has 4 rings (SSSR count). The second-order valence-electron chi connectivity index (χ2n) is 9.22. The lowest BCUT2D eigenvalue weighted by Gasteiger charge is -2.25. The number of aryl methyl sites for hydroxylation is 2. The summed E-state index contributed by atoms with van der Waals surface area (Å²) in [5, 5.41) is 9.82. The molecule has 1 aliphatic carbocycles. The lowest BCUT2D eigenvalue weighted by atomic mass is 9.91. The third-order valence-electron chi connectivity index (χ3n) is 6.24. The first kappa shape index (κ1) is 28.1. The topological polar surface area (TPSA) is 66.3 Å². The van der Waals surface area contributed by atoms with Crippen molar-refractivity contribution in [1.82, 2.24) is 9.97 Å². The van der Waals surface area contributed by atoms with Crippen molar-refractivity contribution in [3.8, 4) is 17.0 Å². The first-order chi connectivity index (χ1) is 17.5. The Morgan fingerprint density at radius 2 is 1.68 bits per heavy atom. The zero-order valence-corrected chi connectivity index (χ0v) is 21.8. The Morgan fingerprint density at radius 1 is 1.03 bits per heavy atom. The zero-order chi connectivity index (χ0) is 27.6. The van der Waals surface area contributed by atoms with Gasteiger partial charge in [-0.25, -0.2) is 27.5 Å². The summed E-state index contributed by atoms with van der Waals surface area (Å²) in [7, 11) is 1.45. The van der Waals surface area contributed by atoms with Crippen molar-refractivity contribution < 1.29 is 27.5 Å². The Balaban J connectivity index is 0.00000186. The lowest BCUT2D eigenvalue weighted by Crippen LogP contribution is -2.32. The number of benzene rings is 2. The van der Waals surface area contributed by atoms with Gasteiger partial charge in [0.15, 0.2) is 29.1 Å². The van der Waals surface area contributed by atoms with Crippen LogP contribution in [0.1, 0.15) is 55.8 Å². The Hall–Kier alpha value is -3.49. The summed E-state index contributed by atoms with van der Waals surface area (Å²) < 4.78 is 55.7. The van der Waals surface area contributed by atoms with Gasteiger partial charge in [0.05, 0.1) is 23.5 Å². The van der Waals surface area contributed by atoms with Crippen molar-refractivity contribution in [2.75, 3.05) is 11.9 Å². The molecule has 1 amide bonds. The normalized spacial score (nSPS) is 12.0. The van der Waals surface area contributed by atoms with Crippen molar-refractivity contribution in [1.29, 1.82) is 0 Å². The van der Waals surface area contributed by atoms with Crippen molar-refractivity contribution in [3.63, 3.8) is 0 Å². The fraction of sp³-hybridized carbons (Fsp3) is 0.393. The molecule has 0 saturated heterocycles. The monoisotopic (exact) mass is 517 g/mol. The summed E-state index contributed by atoms with van der Waals surface area (Å²) in [6.07, 6.45) is 0.987. The van der Waals surface area contributed by atoms with Gasteiger partial charge in [0.25, 0.3) is 0 Å². The molecule has 0 radical (unpaired) electrons. The van der Waals surface area contributed by atoms with Gasteiger partial charge in [0.2, 0.25) is 5.91 Å². The first-order valence-corrected chi connectivity index (χ1v) is 12.3. The minimum atomic E-state index is -1.95. The number of nitrogens with zero attached hydrogens (tertiary/aromatic N) is 3. The van der Waals surface area contributed by atoms with Crippen LogP contribution in [0, 0.1) is 36.1 Å². The molecule has 5 nitrogen and oxygen atoms in total. The molecule has 37 heavy (non-hydrogen) atoms. The average molecular weight is 518 g/mol. The Kier molecular flexibility index (Phi) is 8.56. The molecule has 1 heterocycles. The number of phenols is 1. The van der Waals surface area contributed by atoms with Crippen molar-refractivity contribution in [2.45, 2.75) is 60.3 Å². The number of halogens is 4. The predicted molar refractivity (Wildman–Crippen MR) is 135 cm³/mol. The van der Waals surface area contributed by atoms with E-state index < -0.39 is 46.7 Å². The molecule has 1 aromatic heterocycles. The van der Waals surface area contributed by atoms with E-state index in [1.165, 1.54) is 11.9 Å². The second kappa shape index (κ2) is 11.3. The van der Waals surface area contributed by atoms with Gasteiger partial charge in [-0.15, -0.1) is 0 Å². The van der Waals surface area contributed by atoms with Gasteiger partial charge >= 0.3 is 0 Å². The highest BCUT2D eigenvalue weighted by Gasteiger charge is 2.28. The third kappa shape index (κ3) is 5.45. The molecule has 0 fully saturated rings. The largest absolute Gasteiger partial charge is 0.508 e. The summed E-state index contributed by atoms with van der Waals surface area (Å²) in [4.78, 5) is 23.8. The van der Waals surface area contributed by atoms with Crippen LogP contribution in [0.5, 0.6) is 5.75 Å². The molecule has 1 aliphatic rings. The number of carbonyl (C=O) groups is 1. The number of aromatic hydroxyl groups is 1. The summed E-state index contributed by atoms with van der Waals surface area (Å²) in [6, 6.07) is 5.07. The molecular formula is C28H31F4N3O2.